The van der Waals surface area contributed by atoms with E-state index in [1.807, 2.05) is 0 Å². The number of carbonyl (C=O) groups is 2. The molecule has 43 heavy (non-hydrogen) atoms. The second-order valence-corrected chi connectivity index (χ2v) is 10.0. The number of nitrogens with zero attached hydrogens (tertiary/aromatic N) is 5. The predicted octanol–water partition coefficient (Wildman–Crippen LogP) is 2.57. The highest BCUT2D eigenvalue weighted by molar-refractivity contribution is 5.94. The third kappa shape index (κ3) is 10.5. The molecule has 2 heterocycles. The van der Waals surface area contributed by atoms with E-state index in [1.165, 1.54) is 43.6 Å². The van der Waals surface area contributed by atoms with E-state index in [0.717, 1.165) is 12.5 Å². The van der Waals surface area contributed by atoms with Crippen LogP contribution in [0.15, 0.2) is 22.7 Å². The van der Waals surface area contributed by atoms with Crippen LogP contribution in [0, 0.1) is 30.6 Å². The summed E-state index contributed by atoms with van der Waals surface area (Å²) in [5.41, 5.74) is 6.12. The van der Waals surface area contributed by atoms with Gasteiger partial charge in [0, 0.05) is 13.2 Å². The molecule has 0 spiro atoms. The normalized spacial score (nSPS) is 16.3. The molecule has 18 heteroatoms. The molecule has 2 atom stereocenters. The number of aliphatic hydroxyl groups is 1. The van der Waals surface area contributed by atoms with Crippen molar-refractivity contribution < 1.29 is 41.3 Å². The van der Waals surface area contributed by atoms with Crippen LogP contribution in [0.2, 0.25) is 0 Å². The number of aryl methyl sites for hydroxylation is 1. The van der Waals surface area contributed by atoms with Crippen LogP contribution in [0.4, 0.5) is 27.6 Å². The Morgan fingerprint density at radius 2 is 1.86 bits per heavy atom. The van der Waals surface area contributed by atoms with Crippen molar-refractivity contribution in [3.8, 4) is 0 Å². The van der Waals surface area contributed by atoms with Gasteiger partial charge in [-0.1, -0.05) is 12.1 Å². The molecule has 2 unspecified atom stereocenters. The Balaban J connectivity index is 0.000000276. The number of allylic oxidation sites excluding steroid dienone is 1. The number of aromatic nitrogens is 4. The van der Waals surface area contributed by atoms with E-state index >= 15 is 0 Å². The molecule has 0 bridgehead atoms. The molecular formula is C25H38F5N9O4. The van der Waals surface area contributed by atoms with Gasteiger partial charge >= 0.3 is 6.18 Å². The fraction of sp³-hybridized carbons (Fsp3) is 0.640. The van der Waals surface area contributed by atoms with Crippen LogP contribution in [-0.4, -0.2) is 75.1 Å². The van der Waals surface area contributed by atoms with Crippen molar-refractivity contribution in [2.75, 3.05) is 25.8 Å². The third-order valence-electron chi connectivity index (χ3n) is 6.92. The van der Waals surface area contributed by atoms with Crippen LogP contribution in [0.1, 0.15) is 61.3 Å². The number of aliphatic hydroxyl groups excluding tert-OH is 1. The molecule has 7 N–H and O–H groups in total. The minimum atomic E-state index is -4.48. The number of rotatable bonds is 12. The van der Waals surface area contributed by atoms with Crippen molar-refractivity contribution >= 4 is 17.9 Å². The summed E-state index contributed by atoms with van der Waals surface area (Å²) in [5.74, 6) is 5.78. The van der Waals surface area contributed by atoms with Crippen molar-refractivity contribution in [1.82, 2.24) is 30.4 Å². The largest absolute Gasteiger partial charge is 0.407 e. The lowest BCUT2D eigenvalue weighted by Gasteiger charge is -2.28. The Labute approximate surface area is 244 Å². The van der Waals surface area contributed by atoms with Crippen LogP contribution in [-0.2, 0) is 4.79 Å². The van der Waals surface area contributed by atoms with Gasteiger partial charge in [-0.3, -0.25) is 9.48 Å². The van der Waals surface area contributed by atoms with E-state index in [-0.39, 0.29) is 23.0 Å². The summed E-state index contributed by atoms with van der Waals surface area (Å²) < 4.78 is 66.3. The molecule has 2 fully saturated rings. The minimum Gasteiger partial charge on any atom is -0.403 e. The first kappa shape index (κ1) is 35.4. The molecule has 2 saturated carbocycles. The zero-order valence-corrected chi connectivity index (χ0v) is 24.0. The van der Waals surface area contributed by atoms with E-state index in [9.17, 15) is 31.5 Å². The van der Waals surface area contributed by atoms with Crippen LogP contribution in [0.25, 0.3) is 0 Å². The second-order valence-electron chi connectivity index (χ2n) is 10.0. The molecule has 2 aromatic rings. The second kappa shape index (κ2) is 16.2. The SMILES string of the molecule is CCC(/C(=C/N)N(N)CC(F)(F)F)n1cc(NC)c(F)n1.Cc1nonc1C(=O)NC(C=O)C(C1CC1)C1CC1.OCF. The molecular weight excluding hydrogens is 585 g/mol. The predicted molar refractivity (Wildman–Crippen MR) is 144 cm³/mol. The van der Waals surface area contributed by atoms with Crippen LogP contribution >= 0.6 is 0 Å². The first-order chi connectivity index (χ1) is 20.3. The maximum atomic E-state index is 13.5. The lowest BCUT2D eigenvalue weighted by atomic mass is 9.90. The Morgan fingerprint density at radius 3 is 2.23 bits per heavy atom. The highest BCUT2D eigenvalue weighted by Gasteiger charge is 2.46. The van der Waals surface area contributed by atoms with Gasteiger partial charge < -0.3 is 31.3 Å². The summed E-state index contributed by atoms with van der Waals surface area (Å²) in [6.07, 6.45) is 3.72. The van der Waals surface area contributed by atoms with Gasteiger partial charge in [0.25, 0.3) is 11.9 Å². The number of hydrazine groups is 1. The lowest BCUT2D eigenvalue weighted by Crippen LogP contribution is -2.43. The summed E-state index contributed by atoms with van der Waals surface area (Å²) in [7, 11) is 1.50. The summed E-state index contributed by atoms with van der Waals surface area (Å²) in [5, 5.41) is 23.5. The van der Waals surface area contributed by atoms with Gasteiger partial charge in [0.15, 0.2) is 12.6 Å². The molecule has 2 aliphatic rings. The van der Waals surface area contributed by atoms with E-state index < -0.39 is 37.6 Å². The third-order valence-corrected chi connectivity index (χ3v) is 6.92. The van der Waals surface area contributed by atoms with Crippen molar-refractivity contribution in [3.63, 3.8) is 0 Å². The number of carbonyl (C=O) groups excluding carboxylic acids is 2. The average Bonchev–Trinajstić information content (AvgIpc) is 3.88. The molecule has 242 valence electrons. The number of hydrogen-bond acceptors (Lipinski definition) is 11. The molecule has 0 radical (unpaired) electrons. The van der Waals surface area contributed by atoms with Crippen molar-refractivity contribution in [2.45, 2.75) is 64.2 Å². The van der Waals surface area contributed by atoms with Crippen molar-refractivity contribution in [2.24, 2.45) is 29.3 Å². The van der Waals surface area contributed by atoms with E-state index in [2.05, 4.69) is 30.7 Å². The number of alkyl halides is 4. The Morgan fingerprint density at radius 1 is 1.28 bits per heavy atom. The molecule has 1 amide bonds. The number of amides is 1. The fourth-order valence-electron chi connectivity index (χ4n) is 4.72. The Kier molecular flexibility index (Phi) is 13.3. The number of nitrogens with one attached hydrogen (secondary N) is 2. The number of aldehydes is 1. The number of nitrogens with two attached hydrogens (primary N) is 2. The molecule has 2 aromatic heterocycles. The van der Waals surface area contributed by atoms with Crippen LogP contribution in [0.3, 0.4) is 0 Å². The molecule has 0 saturated heterocycles. The van der Waals surface area contributed by atoms with Gasteiger partial charge in [0.2, 0.25) is 0 Å². The Hall–Kier alpha value is -3.80. The van der Waals surface area contributed by atoms with Crippen LogP contribution < -0.4 is 22.2 Å². The highest BCUT2D eigenvalue weighted by atomic mass is 19.4. The first-order valence-electron chi connectivity index (χ1n) is 13.5. The summed E-state index contributed by atoms with van der Waals surface area (Å²) >= 11 is 0. The fourth-order valence-corrected chi connectivity index (χ4v) is 4.72. The average molecular weight is 624 g/mol. The minimum absolute atomic E-state index is 0.0000203. The number of anilines is 1. The van der Waals surface area contributed by atoms with E-state index in [1.54, 1.807) is 13.8 Å². The monoisotopic (exact) mass is 623 g/mol. The molecule has 2 aliphatic carbocycles. The van der Waals surface area contributed by atoms with Crippen LogP contribution in [0.5, 0.6) is 0 Å². The standard InChI is InChI=1S/C13H17N3O3.C11H18F4N6.CH3FO/c1-7-12(16-19-15-7)13(18)14-10(6-17)11(8-2-3-8)9-4-5-9;1-3-8(21-5-7(18-2)10(12)19-21)9(4-16)20(17)6-11(13,14)15;2-1-3/h6,8-11H,2-5H2,1H3,(H,14,18);4-5,8,18H,3,6,16-17H2,1-2H3;3H,1H2/b;9-4-;. The molecule has 13 nitrogen and oxygen atoms in total. The van der Waals surface area contributed by atoms with Gasteiger partial charge in [-0.2, -0.15) is 17.6 Å². The first-order valence-corrected chi connectivity index (χ1v) is 13.5. The molecule has 4 rings (SSSR count). The van der Waals surface area contributed by atoms with Gasteiger partial charge in [0.1, 0.15) is 24.2 Å². The quantitative estimate of drug-likeness (QED) is 0.101. The number of hydrogen-bond donors (Lipinski definition) is 5. The zero-order valence-electron chi connectivity index (χ0n) is 24.0. The highest BCUT2D eigenvalue weighted by Crippen LogP contribution is 2.50. The number of halogens is 5. The summed E-state index contributed by atoms with van der Waals surface area (Å²) in [6, 6.07) is -1.12. The van der Waals surface area contributed by atoms with Gasteiger partial charge in [-0.15, -0.1) is 5.10 Å². The lowest BCUT2D eigenvalue weighted by molar-refractivity contribution is -0.143. The molecule has 0 aliphatic heterocycles. The van der Waals surface area contributed by atoms with Gasteiger partial charge in [-0.25, -0.2) is 14.9 Å². The summed E-state index contributed by atoms with van der Waals surface area (Å²) in [6.45, 7) is 0.740. The topological polar surface area (TPSA) is 190 Å². The van der Waals surface area contributed by atoms with Gasteiger partial charge in [-0.05, 0) is 61.9 Å². The van der Waals surface area contributed by atoms with E-state index in [0.29, 0.717) is 34.9 Å². The van der Waals surface area contributed by atoms with Crippen molar-refractivity contribution in [1.29, 1.82) is 0 Å². The Bertz CT molecular complexity index is 1190. The van der Waals surface area contributed by atoms with E-state index in [4.69, 9.17) is 16.7 Å². The van der Waals surface area contributed by atoms with Gasteiger partial charge in [0.05, 0.1) is 24.0 Å². The van der Waals surface area contributed by atoms with Crippen molar-refractivity contribution in [3.05, 3.63) is 35.4 Å². The summed E-state index contributed by atoms with van der Waals surface area (Å²) in [4.78, 5) is 23.4. The molecule has 0 aromatic carbocycles. The smallest absolute Gasteiger partial charge is 0.403 e. The maximum Gasteiger partial charge on any atom is 0.407 e. The maximum absolute atomic E-state index is 13.5. The zero-order chi connectivity index (χ0) is 32.3.